The van der Waals surface area contributed by atoms with E-state index in [4.69, 9.17) is 10.5 Å². The van der Waals surface area contributed by atoms with Crippen LogP contribution >= 0.6 is 0 Å². The average Bonchev–Trinajstić information content (AvgIpc) is 3.42. The summed E-state index contributed by atoms with van der Waals surface area (Å²) in [6.45, 7) is 7.25. The molecule has 0 aliphatic carbocycles. The summed E-state index contributed by atoms with van der Waals surface area (Å²) in [6, 6.07) is 9.85. The molecule has 2 aromatic carbocycles. The van der Waals surface area contributed by atoms with E-state index in [-0.39, 0.29) is 5.91 Å². The van der Waals surface area contributed by atoms with Gasteiger partial charge in [0.25, 0.3) is 5.91 Å². The number of likely N-dealkylation sites (tertiary alicyclic amines) is 1. The number of H-pyrrole nitrogens is 1. The molecule has 2 aliphatic rings. The zero-order valence-corrected chi connectivity index (χ0v) is 18.7. The Bertz CT molecular complexity index is 1130. The predicted molar refractivity (Wildman–Crippen MR) is 126 cm³/mol. The fourth-order valence-corrected chi connectivity index (χ4v) is 4.83. The Hall–Kier alpha value is -3.06. The third-order valence-corrected chi connectivity index (χ3v) is 6.70. The highest BCUT2D eigenvalue weighted by Crippen LogP contribution is 2.30. The van der Waals surface area contributed by atoms with E-state index < -0.39 is 0 Å². The predicted octanol–water partition coefficient (Wildman–Crippen LogP) is 3.73. The van der Waals surface area contributed by atoms with Gasteiger partial charge in [-0.15, -0.1) is 0 Å². The van der Waals surface area contributed by atoms with Crippen LogP contribution in [0.25, 0.3) is 10.9 Å². The summed E-state index contributed by atoms with van der Waals surface area (Å²) in [4.78, 5) is 17.6. The first kappa shape index (κ1) is 20.8. The highest BCUT2D eigenvalue weighted by molar-refractivity contribution is 6.04. The molecule has 0 spiro atoms. The first-order valence-corrected chi connectivity index (χ1v) is 11.6. The number of anilines is 1. The third kappa shape index (κ3) is 4.05. The second-order valence-electron chi connectivity index (χ2n) is 8.85. The fourth-order valence-electron chi connectivity index (χ4n) is 4.83. The number of benzene rings is 2. The van der Waals surface area contributed by atoms with Crippen molar-refractivity contribution < 1.29 is 9.53 Å². The molecule has 0 radical (unpaired) electrons. The molecule has 3 heterocycles. The fraction of sp³-hybridized carbons (Fsp3) is 0.440. The molecule has 5 rings (SSSR count). The van der Waals surface area contributed by atoms with Crippen LogP contribution in [0.1, 0.15) is 53.4 Å². The maximum Gasteiger partial charge on any atom is 0.256 e. The van der Waals surface area contributed by atoms with Gasteiger partial charge in [0.05, 0.1) is 11.1 Å². The number of fused-ring (bicyclic) bond motifs is 2. The number of aromatic nitrogens is 2. The number of nitrogens with zero attached hydrogens (tertiary/aromatic N) is 3. The summed E-state index contributed by atoms with van der Waals surface area (Å²) in [6.07, 6.45) is 4.75. The summed E-state index contributed by atoms with van der Waals surface area (Å²) in [5.41, 5.74) is 11.4. The molecule has 0 atom stereocenters. The molecule has 32 heavy (non-hydrogen) atoms. The summed E-state index contributed by atoms with van der Waals surface area (Å²) in [7, 11) is 0. The molecule has 1 fully saturated rings. The molecule has 3 N–H and O–H groups in total. The summed E-state index contributed by atoms with van der Waals surface area (Å²) >= 11 is 0. The third-order valence-electron chi connectivity index (χ3n) is 6.70. The Morgan fingerprint density at radius 1 is 1.12 bits per heavy atom. The highest BCUT2D eigenvalue weighted by atomic mass is 16.5. The lowest BCUT2D eigenvalue weighted by Gasteiger charge is -2.26. The molecule has 3 aromatic rings. The van der Waals surface area contributed by atoms with Gasteiger partial charge >= 0.3 is 0 Å². The molecule has 1 amide bonds. The number of carbonyl (C=O) groups excluding carboxylic acids is 1. The van der Waals surface area contributed by atoms with E-state index in [1.165, 1.54) is 37.9 Å². The molecule has 2 aliphatic heterocycles. The van der Waals surface area contributed by atoms with E-state index in [1.54, 1.807) is 6.07 Å². The van der Waals surface area contributed by atoms with Crippen LogP contribution in [0.5, 0.6) is 5.75 Å². The topological polar surface area (TPSA) is 87.5 Å². The van der Waals surface area contributed by atoms with Gasteiger partial charge < -0.3 is 15.4 Å². The number of aryl methyl sites for hydroxylation is 1. The Kier molecular flexibility index (Phi) is 5.74. The van der Waals surface area contributed by atoms with Crippen molar-refractivity contribution >= 4 is 22.5 Å². The number of carbonyl (C=O) groups is 1. The summed E-state index contributed by atoms with van der Waals surface area (Å²) < 4.78 is 6.02. The standard InChI is InChI=1S/C25H31N5O2/c1-2-23-21-13-20(22(26)14-24(21)28-27-23)25(31)30-15-17-6-7-19(12-18(17)16-30)32-11-10-29-8-4-3-5-9-29/h6-7,12-14H,2-5,8-11,15-16,26H2,1H3,(H,27,28). The minimum Gasteiger partial charge on any atom is -0.492 e. The quantitative estimate of drug-likeness (QED) is 0.579. The molecule has 7 heteroatoms. The number of nitrogens with two attached hydrogens (primary N) is 1. The van der Waals surface area contributed by atoms with E-state index in [0.29, 0.717) is 30.9 Å². The van der Waals surface area contributed by atoms with Gasteiger partial charge in [-0.3, -0.25) is 14.8 Å². The van der Waals surface area contributed by atoms with E-state index in [9.17, 15) is 4.79 Å². The van der Waals surface area contributed by atoms with E-state index in [2.05, 4.69) is 34.2 Å². The first-order chi connectivity index (χ1) is 15.6. The van der Waals surface area contributed by atoms with E-state index >= 15 is 0 Å². The molecule has 1 aromatic heterocycles. The van der Waals surface area contributed by atoms with Gasteiger partial charge in [-0.1, -0.05) is 19.4 Å². The maximum absolute atomic E-state index is 13.3. The highest BCUT2D eigenvalue weighted by Gasteiger charge is 2.26. The van der Waals surface area contributed by atoms with E-state index in [0.717, 1.165) is 40.9 Å². The summed E-state index contributed by atoms with van der Waals surface area (Å²) in [5, 5.41) is 8.30. The lowest BCUT2D eigenvalue weighted by Crippen LogP contribution is -2.33. The van der Waals surface area contributed by atoms with Crippen molar-refractivity contribution in [1.82, 2.24) is 20.0 Å². The van der Waals surface area contributed by atoms with Crippen LogP contribution in [0.15, 0.2) is 30.3 Å². The van der Waals surface area contributed by atoms with Gasteiger partial charge in [-0.25, -0.2) is 0 Å². The van der Waals surface area contributed by atoms with E-state index in [1.807, 2.05) is 17.0 Å². The van der Waals surface area contributed by atoms with Gasteiger partial charge in [0.15, 0.2) is 0 Å². The van der Waals surface area contributed by atoms with Crippen molar-refractivity contribution in [3.63, 3.8) is 0 Å². The number of hydrogen-bond acceptors (Lipinski definition) is 5. The molecule has 168 valence electrons. The van der Waals surface area contributed by atoms with Crippen LogP contribution < -0.4 is 10.5 Å². The number of nitrogen functional groups attached to an aromatic ring is 1. The Labute approximate surface area is 188 Å². The van der Waals surface area contributed by atoms with Crippen LogP contribution in [-0.2, 0) is 19.5 Å². The summed E-state index contributed by atoms with van der Waals surface area (Å²) in [5.74, 6) is 0.832. The SMILES string of the molecule is CCc1[nH]nc2cc(N)c(C(=O)N3Cc4ccc(OCCN5CCCCC5)cc4C3)cc12. The largest absolute Gasteiger partial charge is 0.492 e. The van der Waals surface area contributed by atoms with Gasteiger partial charge in [0.1, 0.15) is 12.4 Å². The first-order valence-electron chi connectivity index (χ1n) is 11.6. The van der Waals surface area contributed by atoms with Gasteiger partial charge in [0.2, 0.25) is 0 Å². The van der Waals surface area contributed by atoms with Crippen LogP contribution in [0.3, 0.4) is 0 Å². The number of rotatable bonds is 6. The number of piperidine rings is 1. The molecule has 0 bridgehead atoms. The number of amides is 1. The average molecular weight is 434 g/mol. The Balaban J connectivity index is 1.26. The van der Waals surface area contributed by atoms with Gasteiger partial charge in [0, 0.05) is 36.4 Å². The minimum atomic E-state index is -0.0450. The Morgan fingerprint density at radius 2 is 1.94 bits per heavy atom. The lowest BCUT2D eigenvalue weighted by molar-refractivity contribution is 0.0752. The minimum absolute atomic E-state index is 0.0450. The second kappa shape index (κ2) is 8.82. The van der Waals surface area contributed by atoms with Crippen molar-refractivity contribution in [3.8, 4) is 5.75 Å². The molecular weight excluding hydrogens is 402 g/mol. The lowest BCUT2D eigenvalue weighted by atomic mass is 10.1. The molecule has 0 saturated carbocycles. The smallest absolute Gasteiger partial charge is 0.256 e. The van der Waals surface area contributed by atoms with Crippen LogP contribution in [0, 0.1) is 0 Å². The normalized spacial score (nSPS) is 16.5. The van der Waals surface area contributed by atoms with Gasteiger partial charge in [-0.2, -0.15) is 5.10 Å². The van der Waals surface area contributed by atoms with Crippen LogP contribution in [0.4, 0.5) is 5.69 Å². The van der Waals surface area contributed by atoms with Gasteiger partial charge in [-0.05, 0) is 67.7 Å². The van der Waals surface area contributed by atoms with Crippen molar-refractivity contribution in [2.45, 2.75) is 45.7 Å². The zero-order chi connectivity index (χ0) is 22.1. The maximum atomic E-state index is 13.3. The number of hydrogen-bond donors (Lipinski definition) is 2. The Morgan fingerprint density at radius 3 is 2.75 bits per heavy atom. The van der Waals surface area contributed by atoms with Crippen LogP contribution in [0.2, 0.25) is 0 Å². The molecule has 0 unspecified atom stereocenters. The number of aromatic amines is 1. The molecule has 7 nitrogen and oxygen atoms in total. The molecule has 1 saturated heterocycles. The molecular formula is C25H31N5O2. The second-order valence-corrected chi connectivity index (χ2v) is 8.85. The van der Waals surface area contributed by atoms with Crippen LogP contribution in [-0.4, -0.2) is 52.1 Å². The van der Waals surface area contributed by atoms with Crippen molar-refractivity contribution in [2.24, 2.45) is 0 Å². The zero-order valence-electron chi connectivity index (χ0n) is 18.7. The van der Waals surface area contributed by atoms with Crippen molar-refractivity contribution in [1.29, 1.82) is 0 Å². The van der Waals surface area contributed by atoms with Crippen molar-refractivity contribution in [2.75, 3.05) is 32.0 Å². The van der Waals surface area contributed by atoms with Crippen molar-refractivity contribution in [3.05, 3.63) is 52.7 Å². The number of ether oxygens (including phenoxy) is 1. The monoisotopic (exact) mass is 433 g/mol. The number of nitrogens with one attached hydrogen (secondary N) is 1.